The third-order valence-electron chi connectivity index (χ3n) is 2.49. The normalized spacial score (nSPS) is 11.6. The first-order valence-corrected chi connectivity index (χ1v) is 6.10. The number of hydrogen-bond acceptors (Lipinski definition) is 4. The predicted molar refractivity (Wildman–Crippen MR) is 72.3 cm³/mol. The number of aryl methyl sites for hydroxylation is 1. The van der Waals surface area contributed by atoms with Gasteiger partial charge in [-0.3, -0.25) is 0 Å². The highest BCUT2D eigenvalue weighted by molar-refractivity contribution is 5.31. The summed E-state index contributed by atoms with van der Waals surface area (Å²) in [6.07, 6.45) is 2.87. The molecule has 4 heteroatoms. The summed E-state index contributed by atoms with van der Waals surface area (Å²) < 4.78 is 0. The lowest BCUT2D eigenvalue weighted by atomic mass is 10.1. The molecular weight excluding hydrogens is 212 g/mol. The van der Waals surface area contributed by atoms with Crippen molar-refractivity contribution < 1.29 is 0 Å². The SMILES string of the molecule is CCc1nc(N(C)C)ncc1CNC(C)(C)C. The first kappa shape index (κ1) is 13.9. The van der Waals surface area contributed by atoms with Crippen LogP contribution in [0.15, 0.2) is 6.20 Å². The number of anilines is 1. The number of nitrogens with zero attached hydrogens (tertiary/aromatic N) is 3. The second-order valence-electron chi connectivity index (χ2n) is 5.49. The molecule has 1 rings (SSSR count). The maximum Gasteiger partial charge on any atom is 0.225 e. The van der Waals surface area contributed by atoms with Crippen LogP contribution in [0.25, 0.3) is 0 Å². The quantitative estimate of drug-likeness (QED) is 0.868. The number of rotatable bonds is 4. The molecule has 0 fully saturated rings. The zero-order valence-electron chi connectivity index (χ0n) is 11.8. The van der Waals surface area contributed by atoms with Gasteiger partial charge < -0.3 is 10.2 Å². The molecule has 1 aromatic rings. The molecule has 0 radical (unpaired) electrons. The Balaban J connectivity index is 2.86. The molecule has 0 bridgehead atoms. The summed E-state index contributed by atoms with van der Waals surface area (Å²) in [4.78, 5) is 10.9. The standard InChI is InChI=1S/C13H24N4/c1-7-11-10(9-15-13(2,3)4)8-14-12(16-11)17(5)6/h8,15H,7,9H2,1-6H3. The van der Waals surface area contributed by atoms with E-state index in [1.165, 1.54) is 5.56 Å². The Labute approximate surface area is 104 Å². The second kappa shape index (κ2) is 5.45. The monoisotopic (exact) mass is 236 g/mol. The van der Waals surface area contributed by atoms with Crippen LogP contribution >= 0.6 is 0 Å². The lowest BCUT2D eigenvalue weighted by Gasteiger charge is -2.21. The fourth-order valence-electron chi connectivity index (χ4n) is 1.46. The zero-order valence-corrected chi connectivity index (χ0v) is 11.8. The van der Waals surface area contributed by atoms with E-state index in [-0.39, 0.29) is 5.54 Å². The van der Waals surface area contributed by atoms with E-state index in [9.17, 15) is 0 Å². The third kappa shape index (κ3) is 4.30. The molecule has 0 aliphatic heterocycles. The molecule has 1 heterocycles. The fraction of sp³-hybridized carbons (Fsp3) is 0.692. The molecule has 0 unspecified atom stereocenters. The first-order chi connectivity index (χ1) is 7.83. The topological polar surface area (TPSA) is 41.1 Å². The number of hydrogen-bond donors (Lipinski definition) is 1. The number of aromatic nitrogens is 2. The van der Waals surface area contributed by atoms with E-state index >= 15 is 0 Å². The van der Waals surface area contributed by atoms with Crippen LogP contribution in [0.3, 0.4) is 0 Å². The molecule has 4 nitrogen and oxygen atoms in total. The first-order valence-electron chi connectivity index (χ1n) is 6.10. The average Bonchev–Trinajstić information content (AvgIpc) is 2.24. The molecule has 17 heavy (non-hydrogen) atoms. The van der Waals surface area contributed by atoms with Crippen molar-refractivity contribution in [3.63, 3.8) is 0 Å². The van der Waals surface area contributed by atoms with E-state index < -0.39 is 0 Å². The Hall–Kier alpha value is -1.16. The molecule has 96 valence electrons. The third-order valence-corrected chi connectivity index (χ3v) is 2.49. The van der Waals surface area contributed by atoms with Gasteiger partial charge in [0.1, 0.15) is 0 Å². The lowest BCUT2D eigenvalue weighted by molar-refractivity contribution is 0.422. The largest absolute Gasteiger partial charge is 0.347 e. The molecule has 0 saturated heterocycles. The van der Waals surface area contributed by atoms with Crippen molar-refractivity contribution in [2.45, 2.75) is 46.2 Å². The van der Waals surface area contributed by atoms with Crippen molar-refractivity contribution in [1.29, 1.82) is 0 Å². The Morgan fingerprint density at radius 2 is 1.94 bits per heavy atom. The zero-order chi connectivity index (χ0) is 13.1. The minimum Gasteiger partial charge on any atom is -0.347 e. The predicted octanol–water partition coefficient (Wildman–Crippen LogP) is 1.99. The highest BCUT2D eigenvalue weighted by Gasteiger charge is 2.12. The van der Waals surface area contributed by atoms with Gasteiger partial charge in [-0.25, -0.2) is 9.97 Å². The Kier molecular flexibility index (Phi) is 4.46. The van der Waals surface area contributed by atoms with Crippen LogP contribution in [-0.2, 0) is 13.0 Å². The van der Waals surface area contributed by atoms with Crippen molar-refractivity contribution >= 4 is 5.95 Å². The lowest BCUT2D eigenvalue weighted by Crippen LogP contribution is -2.35. The van der Waals surface area contributed by atoms with Crippen LogP contribution in [0.5, 0.6) is 0 Å². The smallest absolute Gasteiger partial charge is 0.225 e. The van der Waals surface area contributed by atoms with Gasteiger partial charge in [0.25, 0.3) is 0 Å². The van der Waals surface area contributed by atoms with Crippen molar-refractivity contribution in [3.05, 3.63) is 17.5 Å². The molecule has 0 aromatic carbocycles. The van der Waals surface area contributed by atoms with Crippen LogP contribution in [0, 0.1) is 0 Å². The summed E-state index contributed by atoms with van der Waals surface area (Å²) in [7, 11) is 3.92. The van der Waals surface area contributed by atoms with Crippen LogP contribution in [-0.4, -0.2) is 29.6 Å². The Morgan fingerprint density at radius 1 is 1.29 bits per heavy atom. The van der Waals surface area contributed by atoms with Gasteiger partial charge in [0, 0.05) is 37.9 Å². The van der Waals surface area contributed by atoms with Gasteiger partial charge in [0.05, 0.1) is 5.69 Å². The molecule has 1 N–H and O–H groups in total. The van der Waals surface area contributed by atoms with E-state index in [2.05, 4.69) is 43.0 Å². The molecule has 0 spiro atoms. The average molecular weight is 236 g/mol. The Bertz CT molecular complexity index is 366. The van der Waals surface area contributed by atoms with Gasteiger partial charge in [0.15, 0.2) is 0 Å². The van der Waals surface area contributed by atoms with Gasteiger partial charge in [-0.2, -0.15) is 0 Å². The second-order valence-corrected chi connectivity index (χ2v) is 5.49. The minimum atomic E-state index is 0.116. The summed E-state index contributed by atoms with van der Waals surface area (Å²) in [5.74, 6) is 0.779. The van der Waals surface area contributed by atoms with Crippen LogP contribution < -0.4 is 10.2 Å². The van der Waals surface area contributed by atoms with Crippen LogP contribution in [0.1, 0.15) is 39.0 Å². The maximum atomic E-state index is 4.57. The summed E-state index contributed by atoms with van der Waals surface area (Å²) in [5, 5.41) is 3.47. The van der Waals surface area contributed by atoms with Crippen molar-refractivity contribution in [1.82, 2.24) is 15.3 Å². The maximum absolute atomic E-state index is 4.57. The molecule has 0 amide bonds. The summed E-state index contributed by atoms with van der Waals surface area (Å²) in [6, 6.07) is 0. The summed E-state index contributed by atoms with van der Waals surface area (Å²) in [6.45, 7) is 9.43. The summed E-state index contributed by atoms with van der Waals surface area (Å²) in [5.41, 5.74) is 2.43. The van der Waals surface area contributed by atoms with Gasteiger partial charge in [-0.1, -0.05) is 6.92 Å². The van der Waals surface area contributed by atoms with Gasteiger partial charge in [-0.15, -0.1) is 0 Å². The molecular formula is C13H24N4. The summed E-state index contributed by atoms with van der Waals surface area (Å²) >= 11 is 0. The van der Waals surface area contributed by atoms with E-state index in [1.807, 2.05) is 25.2 Å². The molecule has 1 aromatic heterocycles. The van der Waals surface area contributed by atoms with Crippen molar-refractivity contribution in [2.75, 3.05) is 19.0 Å². The van der Waals surface area contributed by atoms with E-state index in [0.717, 1.165) is 24.6 Å². The highest BCUT2D eigenvalue weighted by Crippen LogP contribution is 2.12. The van der Waals surface area contributed by atoms with E-state index in [0.29, 0.717) is 0 Å². The molecule has 0 aliphatic rings. The fourth-order valence-corrected chi connectivity index (χ4v) is 1.46. The Morgan fingerprint density at radius 3 is 2.41 bits per heavy atom. The van der Waals surface area contributed by atoms with E-state index in [4.69, 9.17) is 0 Å². The highest BCUT2D eigenvalue weighted by atomic mass is 15.2. The molecule has 0 saturated carbocycles. The van der Waals surface area contributed by atoms with Gasteiger partial charge in [0.2, 0.25) is 5.95 Å². The minimum absolute atomic E-state index is 0.116. The van der Waals surface area contributed by atoms with Crippen LogP contribution in [0.2, 0.25) is 0 Å². The number of nitrogens with one attached hydrogen (secondary N) is 1. The van der Waals surface area contributed by atoms with Gasteiger partial charge in [-0.05, 0) is 27.2 Å². The van der Waals surface area contributed by atoms with Crippen molar-refractivity contribution in [3.8, 4) is 0 Å². The van der Waals surface area contributed by atoms with Gasteiger partial charge >= 0.3 is 0 Å². The van der Waals surface area contributed by atoms with Crippen LogP contribution in [0.4, 0.5) is 5.95 Å². The molecule has 0 atom stereocenters. The molecule has 0 aliphatic carbocycles. The van der Waals surface area contributed by atoms with E-state index in [1.54, 1.807) is 0 Å². The van der Waals surface area contributed by atoms with Crippen molar-refractivity contribution in [2.24, 2.45) is 0 Å².